The number of ketones is 1. The monoisotopic (exact) mass is 291 g/mol. The van der Waals surface area contributed by atoms with Crippen molar-refractivity contribution in [2.45, 2.75) is 19.9 Å². The summed E-state index contributed by atoms with van der Waals surface area (Å²) in [5.74, 6) is -1.69. The van der Waals surface area contributed by atoms with Crippen molar-refractivity contribution < 1.29 is 23.9 Å². The highest BCUT2D eigenvalue weighted by molar-refractivity contribution is 5.99. The van der Waals surface area contributed by atoms with Gasteiger partial charge in [-0.15, -0.1) is 0 Å². The highest BCUT2D eigenvalue weighted by atomic mass is 16.6. The third-order valence-electron chi connectivity index (χ3n) is 3.43. The number of benzene rings is 1. The number of nitrogens with zero attached hydrogens (tertiary/aromatic N) is 1. The van der Waals surface area contributed by atoms with Crippen molar-refractivity contribution >= 4 is 17.8 Å². The van der Waals surface area contributed by atoms with Gasteiger partial charge in [0.05, 0.1) is 12.6 Å². The Balaban J connectivity index is 2.50. The molecule has 6 heteroatoms. The molecule has 1 aliphatic rings. The van der Waals surface area contributed by atoms with Crippen LogP contribution in [0.4, 0.5) is 4.79 Å². The summed E-state index contributed by atoms with van der Waals surface area (Å²) in [5.41, 5.74) is 0.618. The van der Waals surface area contributed by atoms with Crippen LogP contribution in [0.15, 0.2) is 24.3 Å². The Labute approximate surface area is 122 Å². The van der Waals surface area contributed by atoms with Crippen molar-refractivity contribution in [2.75, 3.05) is 13.7 Å². The highest BCUT2D eigenvalue weighted by Gasteiger charge is 2.43. The molecule has 0 bridgehead atoms. The predicted octanol–water partition coefficient (Wildman–Crippen LogP) is 1.94. The van der Waals surface area contributed by atoms with E-state index in [4.69, 9.17) is 9.47 Å². The fourth-order valence-corrected chi connectivity index (χ4v) is 2.46. The molecule has 0 saturated carbocycles. The first-order valence-electron chi connectivity index (χ1n) is 6.68. The Kier molecular flexibility index (Phi) is 4.26. The number of hydrogen-bond donors (Lipinski definition) is 0. The van der Waals surface area contributed by atoms with Crippen LogP contribution in [0.1, 0.15) is 25.5 Å². The van der Waals surface area contributed by atoms with Crippen LogP contribution in [0.5, 0.6) is 5.75 Å². The molecule has 0 spiro atoms. The Bertz CT molecular complexity index is 583. The molecule has 1 aliphatic heterocycles. The zero-order chi connectivity index (χ0) is 15.6. The molecule has 0 N–H and O–H groups in total. The van der Waals surface area contributed by atoms with E-state index in [2.05, 4.69) is 0 Å². The summed E-state index contributed by atoms with van der Waals surface area (Å²) in [6.07, 6.45) is -0.603. The number of Topliss-reactive ketones (excluding diaryl/α,β-unsaturated/α-hetero) is 1. The lowest BCUT2D eigenvalue weighted by Crippen LogP contribution is -2.45. The molecule has 21 heavy (non-hydrogen) atoms. The number of esters is 1. The highest BCUT2D eigenvalue weighted by Crippen LogP contribution is 2.39. The molecule has 1 amide bonds. The van der Waals surface area contributed by atoms with E-state index in [1.54, 1.807) is 31.2 Å². The zero-order valence-corrected chi connectivity index (χ0v) is 12.2. The number of rotatable bonds is 4. The number of hydrogen-bond acceptors (Lipinski definition) is 5. The van der Waals surface area contributed by atoms with Crippen molar-refractivity contribution in [2.24, 2.45) is 5.92 Å². The lowest BCUT2D eigenvalue weighted by Gasteiger charge is -2.36. The smallest absolute Gasteiger partial charge is 0.415 e. The van der Waals surface area contributed by atoms with E-state index in [-0.39, 0.29) is 12.4 Å². The molecule has 1 heterocycles. The molecule has 0 aliphatic carbocycles. The Morgan fingerprint density at radius 1 is 1.38 bits per heavy atom. The van der Waals surface area contributed by atoms with Crippen molar-refractivity contribution in [3.05, 3.63) is 29.8 Å². The van der Waals surface area contributed by atoms with Gasteiger partial charge in [0.15, 0.2) is 0 Å². The first-order valence-corrected chi connectivity index (χ1v) is 6.68. The summed E-state index contributed by atoms with van der Waals surface area (Å²) >= 11 is 0. The quantitative estimate of drug-likeness (QED) is 0.626. The average molecular weight is 291 g/mol. The maximum Gasteiger partial charge on any atom is 0.415 e. The minimum Gasteiger partial charge on any atom is -0.465 e. The average Bonchev–Trinajstić information content (AvgIpc) is 2.43. The van der Waals surface area contributed by atoms with Crippen molar-refractivity contribution in [1.29, 1.82) is 0 Å². The van der Waals surface area contributed by atoms with Gasteiger partial charge in [0.25, 0.3) is 0 Å². The summed E-state index contributed by atoms with van der Waals surface area (Å²) in [5, 5.41) is 0. The first-order chi connectivity index (χ1) is 9.97. The van der Waals surface area contributed by atoms with Gasteiger partial charge < -0.3 is 14.4 Å². The standard InChI is InChI=1S/C15H17NO5/c1-4-20-14(18)12(9(2)17)13-10-7-5-6-8-11(10)21-15(19)16(13)3/h5-8,12-13H,4H2,1-3H3/t12-,13-/m0/s1. The molecule has 1 aromatic carbocycles. The van der Waals surface area contributed by atoms with Crippen LogP contribution in [0.25, 0.3) is 0 Å². The molecule has 0 unspecified atom stereocenters. The van der Waals surface area contributed by atoms with E-state index in [0.717, 1.165) is 0 Å². The number of ether oxygens (including phenoxy) is 2. The van der Waals surface area contributed by atoms with Gasteiger partial charge in [-0.2, -0.15) is 0 Å². The number of carbonyl (C=O) groups is 3. The second-order valence-corrected chi connectivity index (χ2v) is 4.80. The SMILES string of the molecule is CCOC(=O)[C@@H](C(C)=O)[C@@H]1c2ccccc2OC(=O)N1C. The van der Waals surface area contributed by atoms with Gasteiger partial charge in [0.1, 0.15) is 17.5 Å². The van der Waals surface area contributed by atoms with E-state index in [1.807, 2.05) is 0 Å². The van der Waals surface area contributed by atoms with E-state index in [0.29, 0.717) is 11.3 Å². The lowest BCUT2D eigenvalue weighted by atomic mass is 9.88. The molecular formula is C15H17NO5. The lowest BCUT2D eigenvalue weighted by molar-refractivity contribution is -0.153. The molecular weight excluding hydrogens is 274 g/mol. The van der Waals surface area contributed by atoms with E-state index < -0.39 is 24.0 Å². The third-order valence-corrected chi connectivity index (χ3v) is 3.43. The van der Waals surface area contributed by atoms with Crippen LogP contribution in [-0.4, -0.2) is 36.4 Å². The maximum atomic E-state index is 12.1. The normalized spacial score (nSPS) is 18.5. The fraction of sp³-hybridized carbons (Fsp3) is 0.400. The molecule has 112 valence electrons. The van der Waals surface area contributed by atoms with E-state index >= 15 is 0 Å². The van der Waals surface area contributed by atoms with Crippen molar-refractivity contribution in [3.63, 3.8) is 0 Å². The summed E-state index contributed by atoms with van der Waals surface area (Å²) in [7, 11) is 1.50. The topological polar surface area (TPSA) is 72.9 Å². The van der Waals surface area contributed by atoms with Crippen LogP contribution in [0.3, 0.4) is 0 Å². The van der Waals surface area contributed by atoms with Gasteiger partial charge in [0, 0.05) is 12.6 Å². The first kappa shape index (κ1) is 15.0. The van der Waals surface area contributed by atoms with Crippen LogP contribution in [-0.2, 0) is 14.3 Å². The van der Waals surface area contributed by atoms with Crippen LogP contribution in [0, 0.1) is 5.92 Å². The van der Waals surface area contributed by atoms with Crippen molar-refractivity contribution in [3.8, 4) is 5.75 Å². The zero-order valence-electron chi connectivity index (χ0n) is 12.2. The number of fused-ring (bicyclic) bond motifs is 1. The summed E-state index contributed by atoms with van der Waals surface area (Å²) in [4.78, 5) is 37.2. The number of amides is 1. The molecule has 0 fully saturated rings. The molecule has 0 aromatic heterocycles. The predicted molar refractivity (Wildman–Crippen MR) is 73.8 cm³/mol. The van der Waals surface area contributed by atoms with E-state index in [1.165, 1.54) is 18.9 Å². The van der Waals surface area contributed by atoms with Gasteiger partial charge in [0.2, 0.25) is 0 Å². The molecule has 2 rings (SSSR count). The molecule has 0 saturated heterocycles. The third kappa shape index (κ3) is 2.74. The molecule has 1 aromatic rings. The van der Waals surface area contributed by atoms with Crippen LogP contribution >= 0.6 is 0 Å². The second kappa shape index (κ2) is 5.95. The van der Waals surface area contributed by atoms with Gasteiger partial charge in [-0.05, 0) is 19.9 Å². The van der Waals surface area contributed by atoms with Crippen LogP contribution in [0.2, 0.25) is 0 Å². The minimum absolute atomic E-state index is 0.172. The fourth-order valence-electron chi connectivity index (χ4n) is 2.46. The number of para-hydroxylation sites is 1. The number of carbonyl (C=O) groups excluding carboxylic acids is 3. The van der Waals surface area contributed by atoms with Gasteiger partial charge >= 0.3 is 12.1 Å². The van der Waals surface area contributed by atoms with Gasteiger partial charge in [-0.3, -0.25) is 9.59 Å². The molecule has 2 atom stereocenters. The Morgan fingerprint density at radius 2 is 2.05 bits per heavy atom. The summed E-state index contributed by atoms with van der Waals surface area (Å²) in [6.45, 7) is 3.16. The maximum absolute atomic E-state index is 12.1. The van der Waals surface area contributed by atoms with E-state index in [9.17, 15) is 14.4 Å². The Hall–Kier alpha value is -2.37. The molecule has 6 nitrogen and oxygen atoms in total. The van der Waals surface area contributed by atoms with Crippen LogP contribution < -0.4 is 4.74 Å². The summed E-state index contributed by atoms with van der Waals surface area (Å²) in [6, 6.07) is 6.13. The summed E-state index contributed by atoms with van der Waals surface area (Å²) < 4.78 is 10.1. The Morgan fingerprint density at radius 3 is 2.67 bits per heavy atom. The molecule has 0 radical (unpaired) electrons. The van der Waals surface area contributed by atoms with Crippen molar-refractivity contribution in [1.82, 2.24) is 4.90 Å². The second-order valence-electron chi connectivity index (χ2n) is 4.80. The van der Waals surface area contributed by atoms with Gasteiger partial charge in [-0.1, -0.05) is 18.2 Å². The largest absolute Gasteiger partial charge is 0.465 e. The van der Waals surface area contributed by atoms with Gasteiger partial charge in [-0.25, -0.2) is 4.79 Å². The minimum atomic E-state index is -1.07.